The lowest BCUT2D eigenvalue weighted by Gasteiger charge is -2.34. The number of nitrogen functional groups attached to an aromatic ring is 1. The van der Waals surface area contributed by atoms with Crippen molar-refractivity contribution >= 4 is 55.0 Å². The van der Waals surface area contributed by atoms with E-state index in [0.717, 1.165) is 0 Å². The molecule has 24 heteroatoms. The number of nitrogens with two attached hydrogens (primary N) is 1. The Bertz CT molecular complexity index is 2130. The number of imidazole rings is 1. The summed E-state index contributed by atoms with van der Waals surface area (Å²) in [6.07, 6.45) is -2.95. The van der Waals surface area contributed by atoms with Gasteiger partial charge < -0.3 is 34.7 Å². The lowest BCUT2D eigenvalue weighted by molar-refractivity contribution is -0.184. The zero-order valence-electron chi connectivity index (χ0n) is 24.1. The number of aromatic nitrogens is 9. The van der Waals surface area contributed by atoms with Crippen LogP contribution in [0, 0.1) is 18.3 Å². The van der Waals surface area contributed by atoms with Crippen LogP contribution in [0.15, 0.2) is 17.4 Å². The van der Waals surface area contributed by atoms with Crippen LogP contribution in [0.1, 0.15) is 24.5 Å². The summed E-state index contributed by atoms with van der Waals surface area (Å²) in [4.78, 5) is 42.8. The Morgan fingerprint density at radius 2 is 1.94 bits per heavy atom. The van der Waals surface area contributed by atoms with Gasteiger partial charge in [-0.25, -0.2) is 33.7 Å². The van der Waals surface area contributed by atoms with Gasteiger partial charge in [-0.2, -0.15) is 0 Å². The fraction of sp³-hybridized carbons (Fsp3) is 0.609. The Morgan fingerprint density at radius 1 is 1.11 bits per heavy atom. The summed E-state index contributed by atoms with van der Waals surface area (Å²) in [5.41, 5.74) is 3.38. The number of aromatic amines is 1. The van der Waals surface area contributed by atoms with Gasteiger partial charge in [0.1, 0.15) is 47.7 Å². The third kappa shape index (κ3) is 4.37. The number of anilines is 1. The first kappa shape index (κ1) is 30.2. The van der Waals surface area contributed by atoms with Crippen LogP contribution in [0.25, 0.3) is 22.3 Å². The number of ether oxygens (including phenoxy) is 2. The van der Waals surface area contributed by atoms with E-state index in [1.165, 1.54) is 21.9 Å². The molecule has 11 atom stereocenters. The molecule has 250 valence electrons. The van der Waals surface area contributed by atoms with Gasteiger partial charge in [-0.15, -0.1) is 5.10 Å². The number of hydrogen-bond acceptors (Lipinski definition) is 17. The van der Waals surface area contributed by atoms with Crippen LogP contribution >= 0.6 is 26.9 Å². The van der Waals surface area contributed by atoms with Gasteiger partial charge in [-0.3, -0.25) is 22.9 Å². The van der Waals surface area contributed by atoms with Crippen molar-refractivity contribution in [3.63, 3.8) is 0 Å². The topological polar surface area (TPSA) is 276 Å². The number of hydrogen-bond donors (Lipinski definition) is 5. The van der Waals surface area contributed by atoms with Crippen molar-refractivity contribution in [2.24, 2.45) is 11.3 Å². The zero-order chi connectivity index (χ0) is 32.7. The molecule has 0 amide bonds. The summed E-state index contributed by atoms with van der Waals surface area (Å²) in [6, 6.07) is -0.901. The van der Waals surface area contributed by atoms with Crippen molar-refractivity contribution in [2.45, 2.75) is 55.6 Å². The largest absolute Gasteiger partial charge is 0.472 e. The van der Waals surface area contributed by atoms with E-state index in [0.29, 0.717) is 23.4 Å². The maximum Gasteiger partial charge on any atom is 0.472 e. The SMILES string of the molecule is Cc1nc2c(nnn2[C@H]2[C@H](O)[C@@H]3OP(=O)(O)OC[C@@]45CO[C@@H]([C@H](n6cnc7c(N)ncnc76)O4)[C@@H]5O[P@@](=O)(S)OCC34C[C@H]24)c(=O)[nH]1. The van der Waals surface area contributed by atoms with Crippen LogP contribution in [0.2, 0.25) is 0 Å². The van der Waals surface area contributed by atoms with E-state index >= 15 is 0 Å². The van der Waals surface area contributed by atoms with Crippen molar-refractivity contribution in [2.75, 3.05) is 25.6 Å². The average Bonchev–Trinajstić information content (AvgIpc) is 3.43. The summed E-state index contributed by atoms with van der Waals surface area (Å²) in [7, 11) is -4.94. The number of nitrogens with zero attached hydrogens (tertiary/aromatic N) is 8. The van der Waals surface area contributed by atoms with Crippen LogP contribution < -0.4 is 11.3 Å². The molecule has 47 heavy (non-hydrogen) atoms. The first-order valence-corrected chi connectivity index (χ1v) is 18.5. The molecule has 5 N–H and O–H groups in total. The predicted octanol–water partition coefficient (Wildman–Crippen LogP) is -0.211. The minimum Gasteiger partial charge on any atom is -0.388 e. The zero-order valence-corrected chi connectivity index (χ0v) is 26.8. The lowest BCUT2D eigenvalue weighted by Crippen LogP contribution is -2.46. The van der Waals surface area contributed by atoms with Gasteiger partial charge in [-0.1, -0.05) is 17.5 Å². The molecule has 2 saturated carbocycles. The molecular weight excluding hydrogens is 686 g/mol. The maximum atomic E-state index is 13.8. The highest BCUT2D eigenvalue weighted by Crippen LogP contribution is 2.73. The van der Waals surface area contributed by atoms with Gasteiger partial charge in [0.25, 0.3) is 5.56 Å². The van der Waals surface area contributed by atoms with Crippen LogP contribution in [0.5, 0.6) is 0 Å². The molecule has 4 aromatic heterocycles. The fourth-order valence-electron chi connectivity index (χ4n) is 7.45. The van der Waals surface area contributed by atoms with Crippen LogP contribution in [0.3, 0.4) is 0 Å². The van der Waals surface area contributed by atoms with Crippen molar-refractivity contribution in [1.29, 1.82) is 0 Å². The summed E-state index contributed by atoms with van der Waals surface area (Å²) < 4.78 is 65.5. The summed E-state index contributed by atoms with van der Waals surface area (Å²) in [5, 5.41) is 19.6. The van der Waals surface area contributed by atoms with Crippen molar-refractivity contribution in [3.05, 3.63) is 28.8 Å². The Hall–Kier alpha value is -2.88. The molecule has 3 saturated heterocycles. The third-order valence-electron chi connectivity index (χ3n) is 9.65. The van der Waals surface area contributed by atoms with E-state index in [1.807, 2.05) is 0 Å². The second kappa shape index (κ2) is 9.85. The standard InChI is InChI=1S/C23H26N10O11P2S/c1-8-28-19-11(20(35)29-8)30-31-33(19)12-9-2-22(9)3-41-46(38,47)44-16-14-21(32-7-27-10-17(24)25-6-26-18(10)32)42-23(16,4-39-14)5-40-45(36,37)43-15(22)13(12)34/h6-7,9,12-16,21,34H,2-5H2,1H3,(H,36,37)(H,38,47)(H2,24,25,26)(H,28,29,35)/t9-,12-,13+,14-,15+,16+,21-,22?,23-,46+/m1/s1. The Labute approximate surface area is 267 Å². The number of aryl methyl sites for hydroxylation is 1. The van der Waals surface area contributed by atoms with Gasteiger partial charge in [0.05, 0.1) is 32.2 Å². The van der Waals surface area contributed by atoms with Crippen LogP contribution in [-0.4, -0.2) is 104 Å². The van der Waals surface area contributed by atoms with E-state index in [-0.39, 0.29) is 30.2 Å². The normalized spacial score (nSPS) is 42.9. The number of phosphoric ester groups is 1. The quantitative estimate of drug-likeness (QED) is 0.133. The first-order chi connectivity index (χ1) is 22.3. The molecule has 0 radical (unpaired) electrons. The molecule has 2 bridgehead atoms. The van der Waals surface area contributed by atoms with E-state index in [1.54, 1.807) is 6.92 Å². The highest BCUT2D eigenvalue weighted by molar-refractivity contribution is 8.44. The van der Waals surface area contributed by atoms with Gasteiger partial charge in [0.15, 0.2) is 28.9 Å². The van der Waals surface area contributed by atoms with Crippen molar-refractivity contribution < 1.29 is 46.7 Å². The van der Waals surface area contributed by atoms with Crippen LogP contribution in [-0.2, 0) is 36.7 Å². The summed E-state index contributed by atoms with van der Waals surface area (Å²) >= 11 is 4.26. The second-order valence-electron chi connectivity index (χ2n) is 12.4. The second-order valence-corrected chi connectivity index (χ2v) is 16.6. The molecule has 9 rings (SSSR count). The molecule has 2 unspecified atom stereocenters. The highest BCUT2D eigenvalue weighted by Gasteiger charge is 2.75. The number of thiol groups is 1. The number of aliphatic hydroxyl groups is 1. The van der Waals surface area contributed by atoms with Crippen LogP contribution in [0.4, 0.5) is 5.82 Å². The Morgan fingerprint density at radius 3 is 2.77 bits per heavy atom. The van der Waals surface area contributed by atoms with E-state index in [9.17, 15) is 23.9 Å². The number of aliphatic hydroxyl groups excluding tert-OH is 1. The molecule has 7 heterocycles. The first-order valence-electron chi connectivity index (χ1n) is 14.4. The van der Waals surface area contributed by atoms with Crippen molar-refractivity contribution in [1.82, 2.24) is 44.5 Å². The maximum absolute atomic E-state index is 13.8. The summed E-state index contributed by atoms with van der Waals surface area (Å²) in [5.74, 6) is -0.0552. The molecule has 3 aliphatic heterocycles. The number of fused-ring (bicyclic) bond motifs is 2. The number of phosphoric acid groups is 1. The third-order valence-corrected chi connectivity index (χ3v) is 12.2. The smallest absolute Gasteiger partial charge is 0.388 e. The molecular formula is C23H26N10O11P2S. The van der Waals surface area contributed by atoms with Gasteiger partial charge in [0.2, 0.25) is 0 Å². The average molecular weight is 713 g/mol. The van der Waals surface area contributed by atoms with E-state index in [2.05, 4.69) is 47.5 Å². The minimum absolute atomic E-state index is 0.0500. The molecule has 5 aliphatic rings. The summed E-state index contributed by atoms with van der Waals surface area (Å²) in [6.45, 7) is -3.78. The van der Waals surface area contributed by atoms with Gasteiger partial charge in [0, 0.05) is 5.41 Å². The monoisotopic (exact) mass is 712 g/mol. The molecule has 21 nitrogen and oxygen atoms in total. The molecule has 5 fully saturated rings. The minimum atomic E-state index is -4.94. The molecule has 4 aromatic rings. The number of nitrogens with one attached hydrogen (secondary N) is 1. The molecule has 2 aliphatic carbocycles. The molecule has 0 aromatic carbocycles. The van der Waals surface area contributed by atoms with E-state index in [4.69, 9.17) is 33.3 Å². The van der Waals surface area contributed by atoms with Gasteiger partial charge in [-0.05, 0) is 19.3 Å². The number of rotatable bonds is 2. The predicted molar refractivity (Wildman–Crippen MR) is 157 cm³/mol. The molecule has 1 spiro atoms. The fourth-order valence-corrected chi connectivity index (χ4v) is 10.1. The van der Waals surface area contributed by atoms with Crippen molar-refractivity contribution in [3.8, 4) is 0 Å². The Kier molecular flexibility index (Phi) is 6.33. The number of H-pyrrole nitrogens is 1. The van der Waals surface area contributed by atoms with Gasteiger partial charge >= 0.3 is 14.6 Å². The Balaban J connectivity index is 1.05. The highest BCUT2D eigenvalue weighted by atomic mass is 32.7. The lowest BCUT2D eigenvalue weighted by atomic mass is 10.0. The van der Waals surface area contributed by atoms with E-state index < -0.39 is 80.4 Å².